The molecule has 0 saturated carbocycles. The maximum Gasteiger partial charge on any atom is 0.250 e. The fourth-order valence-corrected chi connectivity index (χ4v) is 1.65. The summed E-state index contributed by atoms with van der Waals surface area (Å²) in [6.45, 7) is 5.21. The summed E-state index contributed by atoms with van der Waals surface area (Å²) >= 11 is 0. The molecule has 0 heterocycles. The van der Waals surface area contributed by atoms with Crippen LogP contribution in [0.2, 0.25) is 0 Å². The lowest BCUT2D eigenvalue weighted by Crippen LogP contribution is -2.24. The van der Waals surface area contributed by atoms with E-state index in [-0.39, 0.29) is 0 Å². The largest absolute Gasteiger partial charge is 0.399 e. The van der Waals surface area contributed by atoms with Crippen molar-refractivity contribution in [2.45, 2.75) is 20.3 Å². The van der Waals surface area contributed by atoms with E-state index in [1.165, 1.54) is 0 Å². The molecular weight excluding hydrogens is 214 g/mol. The molecule has 0 unspecified atom stereocenters. The van der Waals surface area contributed by atoms with E-state index in [1.807, 2.05) is 11.9 Å². The number of nitrogens with zero attached hydrogens (tertiary/aromatic N) is 1. The van der Waals surface area contributed by atoms with Gasteiger partial charge < -0.3 is 16.4 Å². The number of carbonyl (C=O) groups excluding carboxylic acids is 1. The molecule has 1 rings (SSSR count). The Morgan fingerprint density at radius 2 is 2.06 bits per heavy atom. The van der Waals surface area contributed by atoms with E-state index in [2.05, 4.69) is 13.8 Å². The van der Waals surface area contributed by atoms with Crippen molar-refractivity contribution in [3.63, 3.8) is 0 Å². The fourth-order valence-electron chi connectivity index (χ4n) is 1.65. The summed E-state index contributed by atoms with van der Waals surface area (Å²) in [7, 11) is 1.95. The zero-order valence-electron chi connectivity index (χ0n) is 10.7. The smallest absolute Gasteiger partial charge is 0.250 e. The lowest BCUT2D eigenvalue weighted by molar-refractivity contribution is 0.100. The zero-order valence-corrected chi connectivity index (χ0v) is 10.7. The van der Waals surface area contributed by atoms with Crippen molar-refractivity contribution in [3.05, 3.63) is 23.8 Å². The van der Waals surface area contributed by atoms with Gasteiger partial charge in [-0.25, -0.2) is 0 Å². The van der Waals surface area contributed by atoms with Crippen LogP contribution in [0, 0.1) is 5.92 Å². The third-order valence-electron chi connectivity index (χ3n) is 2.74. The van der Waals surface area contributed by atoms with Crippen molar-refractivity contribution in [3.8, 4) is 0 Å². The van der Waals surface area contributed by atoms with Crippen LogP contribution >= 0.6 is 0 Å². The lowest BCUT2D eigenvalue weighted by Gasteiger charge is -2.22. The van der Waals surface area contributed by atoms with Crippen LogP contribution in [-0.2, 0) is 0 Å². The first kappa shape index (κ1) is 13.4. The summed E-state index contributed by atoms with van der Waals surface area (Å²) in [5.74, 6) is 0.201. The van der Waals surface area contributed by atoms with Gasteiger partial charge in [-0.05, 0) is 30.5 Å². The molecule has 4 nitrogen and oxygen atoms in total. The number of benzene rings is 1. The van der Waals surface area contributed by atoms with Crippen LogP contribution in [0.4, 0.5) is 11.4 Å². The van der Waals surface area contributed by atoms with E-state index in [1.54, 1.807) is 18.2 Å². The van der Waals surface area contributed by atoms with Gasteiger partial charge in [0.05, 0.1) is 11.3 Å². The van der Waals surface area contributed by atoms with Gasteiger partial charge >= 0.3 is 0 Å². The molecule has 0 bridgehead atoms. The summed E-state index contributed by atoms with van der Waals surface area (Å²) in [4.78, 5) is 13.4. The van der Waals surface area contributed by atoms with E-state index in [0.29, 0.717) is 17.2 Å². The Hall–Kier alpha value is -1.71. The Kier molecular flexibility index (Phi) is 4.37. The molecule has 4 N–H and O–H groups in total. The van der Waals surface area contributed by atoms with Crippen molar-refractivity contribution in [1.82, 2.24) is 0 Å². The number of nitrogens with two attached hydrogens (primary N) is 2. The summed E-state index contributed by atoms with van der Waals surface area (Å²) in [5.41, 5.74) is 13.1. The number of hydrogen-bond donors (Lipinski definition) is 2. The highest BCUT2D eigenvalue weighted by Crippen LogP contribution is 2.23. The van der Waals surface area contributed by atoms with Crippen molar-refractivity contribution in [2.24, 2.45) is 11.7 Å². The van der Waals surface area contributed by atoms with Crippen LogP contribution in [0.1, 0.15) is 30.6 Å². The van der Waals surface area contributed by atoms with Gasteiger partial charge in [0, 0.05) is 19.3 Å². The van der Waals surface area contributed by atoms with E-state index in [4.69, 9.17) is 11.5 Å². The molecule has 0 saturated heterocycles. The van der Waals surface area contributed by atoms with Crippen LogP contribution in [0.3, 0.4) is 0 Å². The second kappa shape index (κ2) is 5.57. The maximum absolute atomic E-state index is 11.3. The minimum absolute atomic E-state index is 0.420. The predicted molar refractivity (Wildman–Crippen MR) is 72.1 cm³/mol. The molecule has 4 heteroatoms. The van der Waals surface area contributed by atoms with Crippen LogP contribution in [0.5, 0.6) is 0 Å². The standard InChI is InChI=1S/C13H21N3O/c1-9(2)6-7-16(3)12-8-10(14)4-5-11(12)13(15)17/h4-5,8-9H,6-7,14H2,1-3H3,(H2,15,17). The molecular formula is C13H21N3O. The Labute approximate surface area is 103 Å². The fraction of sp³-hybridized carbons (Fsp3) is 0.462. The second-order valence-electron chi connectivity index (χ2n) is 4.74. The normalized spacial score (nSPS) is 10.6. The molecule has 0 spiro atoms. The molecule has 1 amide bonds. The molecule has 0 aliphatic carbocycles. The Balaban J connectivity index is 2.94. The van der Waals surface area contributed by atoms with Gasteiger partial charge in [0.25, 0.3) is 5.91 Å². The minimum atomic E-state index is -0.420. The molecule has 17 heavy (non-hydrogen) atoms. The molecule has 1 aromatic rings. The average molecular weight is 235 g/mol. The summed E-state index contributed by atoms with van der Waals surface area (Å²) in [6, 6.07) is 5.17. The monoisotopic (exact) mass is 235 g/mol. The third-order valence-corrected chi connectivity index (χ3v) is 2.74. The predicted octanol–water partition coefficient (Wildman–Crippen LogP) is 1.85. The first-order chi connectivity index (χ1) is 7.91. The van der Waals surface area contributed by atoms with Gasteiger partial charge in [-0.1, -0.05) is 13.8 Å². The van der Waals surface area contributed by atoms with Gasteiger partial charge in [0.2, 0.25) is 0 Å². The van der Waals surface area contributed by atoms with E-state index in [0.717, 1.165) is 18.7 Å². The molecule has 0 aromatic heterocycles. The van der Waals surface area contributed by atoms with Crippen molar-refractivity contribution in [2.75, 3.05) is 24.2 Å². The quantitative estimate of drug-likeness (QED) is 0.765. The third kappa shape index (κ3) is 3.66. The van der Waals surface area contributed by atoms with Crippen molar-refractivity contribution < 1.29 is 4.79 Å². The van der Waals surface area contributed by atoms with Gasteiger partial charge in [0.15, 0.2) is 0 Å². The van der Waals surface area contributed by atoms with Crippen LogP contribution in [0.25, 0.3) is 0 Å². The number of amides is 1. The van der Waals surface area contributed by atoms with Gasteiger partial charge in [-0.15, -0.1) is 0 Å². The van der Waals surface area contributed by atoms with Crippen LogP contribution < -0.4 is 16.4 Å². The van der Waals surface area contributed by atoms with Gasteiger partial charge in [-0.3, -0.25) is 4.79 Å². The highest BCUT2D eigenvalue weighted by Gasteiger charge is 2.12. The zero-order chi connectivity index (χ0) is 13.0. The first-order valence-electron chi connectivity index (χ1n) is 5.82. The number of primary amides is 1. The highest BCUT2D eigenvalue weighted by molar-refractivity contribution is 5.99. The van der Waals surface area contributed by atoms with E-state index in [9.17, 15) is 4.79 Å². The van der Waals surface area contributed by atoms with E-state index >= 15 is 0 Å². The molecule has 0 aliphatic rings. The van der Waals surface area contributed by atoms with Crippen LogP contribution in [-0.4, -0.2) is 19.5 Å². The van der Waals surface area contributed by atoms with Crippen LogP contribution in [0.15, 0.2) is 18.2 Å². The molecule has 0 aliphatic heterocycles. The van der Waals surface area contributed by atoms with Crippen molar-refractivity contribution >= 4 is 17.3 Å². The van der Waals surface area contributed by atoms with E-state index < -0.39 is 5.91 Å². The molecule has 1 aromatic carbocycles. The molecule has 0 radical (unpaired) electrons. The number of carbonyl (C=O) groups is 1. The number of hydrogen-bond acceptors (Lipinski definition) is 3. The highest BCUT2D eigenvalue weighted by atomic mass is 16.1. The molecule has 94 valence electrons. The average Bonchev–Trinajstić information content (AvgIpc) is 2.25. The number of rotatable bonds is 5. The SMILES string of the molecule is CC(C)CCN(C)c1cc(N)ccc1C(N)=O. The summed E-state index contributed by atoms with van der Waals surface area (Å²) in [6.07, 6.45) is 1.06. The minimum Gasteiger partial charge on any atom is -0.399 e. The Morgan fingerprint density at radius 1 is 1.41 bits per heavy atom. The first-order valence-corrected chi connectivity index (χ1v) is 5.82. The Bertz CT molecular complexity index is 402. The number of anilines is 2. The summed E-state index contributed by atoms with van der Waals surface area (Å²) < 4.78 is 0. The van der Waals surface area contributed by atoms with Gasteiger partial charge in [0.1, 0.15) is 0 Å². The summed E-state index contributed by atoms with van der Waals surface area (Å²) in [5, 5.41) is 0. The van der Waals surface area contributed by atoms with Gasteiger partial charge in [-0.2, -0.15) is 0 Å². The maximum atomic E-state index is 11.3. The molecule has 0 fully saturated rings. The molecule has 0 atom stereocenters. The number of nitrogen functional groups attached to an aromatic ring is 1. The second-order valence-corrected chi connectivity index (χ2v) is 4.74. The van der Waals surface area contributed by atoms with Crippen molar-refractivity contribution in [1.29, 1.82) is 0 Å². The lowest BCUT2D eigenvalue weighted by atomic mass is 10.1. The Morgan fingerprint density at radius 3 is 2.59 bits per heavy atom. The topological polar surface area (TPSA) is 72.3 Å².